The molecule has 0 aliphatic rings. The van der Waals surface area contributed by atoms with E-state index in [1.54, 1.807) is 6.92 Å². The fourth-order valence-corrected chi connectivity index (χ4v) is 0. The summed E-state index contributed by atoms with van der Waals surface area (Å²) in [5.74, 6) is 0. The zero-order valence-electron chi connectivity index (χ0n) is 4.64. The summed E-state index contributed by atoms with van der Waals surface area (Å²) in [6.07, 6.45) is 2.50. The first-order valence-electron chi connectivity index (χ1n) is 1.48. The van der Waals surface area contributed by atoms with Crippen molar-refractivity contribution in [2.45, 2.75) is 6.92 Å². The van der Waals surface area contributed by atoms with Crippen molar-refractivity contribution in [3.05, 3.63) is 17.6 Å². The van der Waals surface area contributed by atoms with Crippen molar-refractivity contribution in [2.24, 2.45) is 5.18 Å². The van der Waals surface area contributed by atoms with E-state index in [0.29, 0.717) is 0 Å². The van der Waals surface area contributed by atoms with Gasteiger partial charge < -0.3 is 6.08 Å². The first-order chi connectivity index (χ1) is 2.83. The van der Waals surface area contributed by atoms with Crippen molar-refractivity contribution in [1.29, 1.82) is 0 Å². The Morgan fingerprint density at radius 2 is 1.71 bits per heavy atom. The fraction of sp³-hybridized carbons (Fsp3) is 0.500. The van der Waals surface area contributed by atoms with Gasteiger partial charge in [-0.15, -0.1) is 0 Å². The smallest absolute Gasteiger partial charge is 0.0700 e. The van der Waals surface area contributed by atoms with Crippen LogP contribution in [0.3, 0.4) is 0 Å². The molecule has 0 aromatic heterocycles. The van der Waals surface area contributed by atoms with Crippen molar-refractivity contribution in [2.75, 3.05) is 7.05 Å². The quantitative estimate of drug-likeness (QED) is 0.403. The molecule has 0 amide bonds. The van der Waals surface area contributed by atoms with E-state index in [1.165, 1.54) is 7.05 Å². The molecule has 0 aliphatic heterocycles. The van der Waals surface area contributed by atoms with Crippen LogP contribution in [0.4, 0.5) is 0 Å². The van der Waals surface area contributed by atoms with Crippen molar-refractivity contribution < 1.29 is 32.7 Å². The minimum absolute atomic E-state index is 0. The maximum Gasteiger partial charge on any atom is 0.0700 e. The Labute approximate surface area is 69.2 Å². The van der Waals surface area contributed by atoms with E-state index >= 15 is 0 Å². The fourth-order valence-electron chi connectivity index (χ4n) is 0. The Balaban J connectivity index is -0.0000000400. The molecule has 0 fully saturated rings. The van der Waals surface area contributed by atoms with Gasteiger partial charge in [-0.25, -0.2) is 0 Å². The Kier molecular flexibility index (Phi) is 71.5. The second kappa shape index (κ2) is 32.0. The van der Waals surface area contributed by atoms with E-state index in [1.807, 2.05) is 0 Å². The molecule has 0 aromatic rings. The molecule has 2 nitrogen and oxygen atoms in total. The van der Waals surface area contributed by atoms with Gasteiger partial charge in [-0.1, -0.05) is 5.18 Å². The van der Waals surface area contributed by atoms with Crippen LogP contribution in [0.1, 0.15) is 6.92 Å². The van der Waals surface area contributed by atoms with Crippen LogP contribution in [0.25, 0.3) is 0 Å². The van der Waals surface area contributed by atoms with Crippen molar-refractivity contribution in [3.8, 4) is 0 Å². The van der Waals surface area contributed by atoms with Crippen molar-refractivity contribution in [1.82, 2.24) is 0 Å². The summed E-state index contributed by atoms with van der Waals surface area (Å²) < 4.78 is 0. The average Bonchev–Trinajstić information content (AvgIpc) is 1.39. The van der Waals surface area contributed by atoms with E-state index in [9.17, 15) is 0 Å². The largest absolute Gasteiger partial charge is 0.507 e. The summed E-state index contributed by atoms with van der Waals surface area (Å²) in [6.45, 7) is 5.00. The van der Waals surface area contributed by atoms with Gasteiger partial charge in [0.15, 0.2) is 0 Å². The molecule has 0 aliphatic carbocycles. The molecule has 0 saturated carbocycles. The summed E-state index contributed by atoms with van der Waals surface area (Å²) in [4.78, 5) is 8.56. The number of rotatable bonds is 0. The van der Waals surface area contributed by atoms with Crippen molar-refractivity contribution in [3.63, 3.8) is 0 Å². The molecular weight excluding hydrogens is 167 g/mol. The van der Waals surface area contributed by atoms with Crippen LogP contribution in [0.5, 0.6) is 0 Å². The number of hydrogen-bond acceptors (Lipinski definition) is 2. The summed E-state index contributed by atoms with van der Waals surface area (Å²) in [5.41, 5.74) is 0. The minimum atomic E-state index is 0. The van der Waals surface area contributed by atoms with Crippen molar-refractivity contribution >= 4 is 0 Å². The third kappa shape index (κ3) is 646. The van der Waals surface area contributed by atoms with Gasteiger partial charge in [0.05, 0.1) is 7.05 Å². The van der Waals surface area contributed by atoms with Gasteiger partial charge in [-0.05, 0) is 0 Å². The Hall–Kier alpha value is 0.444. The number of nitrogens with zero attached hydrogens (tertiary/aromatic N) is 1. The molecule has 0 N–H and O–H groups in total. The van der Waals surface area contributed by atoms with Crippen LogP contribution >= 0.6 is 0 Å². The molecule has 0 heterocycles. The van der Waals surface area contributed by atoms with Crippen LogP contribution in [-0.4, -0.2) is 7.05 Å². The molecule has 1 radical (unpaired) electrons. The normalized spacial score (nSPS) is 3.71. The molecule has 0 saturated heterocycles. The zero-order chi connectivity index (χ0) is 5.41. The summed E-state index contributed by atoms with van der Waals surface area (Å²) in [5, 5.41) is 2.25. The third-order valence-electron chi connectivity index (χ3n) is 0. The van der Waals surface area contributed by atoms with Crippen LogP contribution in [-0.2, 0) is 32.7 Å². The van der Waals surface area contributed by atoms with E-state index < -0.39 is 0 Å². The molecule has 0 aromatic carbocycles. The Morgan fingerprint density at radius 3 is 1.71 bits per heavy atom. The molecule has 0 unspecified atom stereocenters. The summed E-state index contributed by atoms with van der Waals surface area (Å²) >= 11 is 0. The van der Waals surface area contributed by atoms with Crippen LogP contribution in [0, 0.1) is 11.0 Å². The minimum Gasteiger partial charge on any atom is -0.507 e. The van der Waals surface area contributed by atoms with E-state index in [-0.39, 0.29) is 32.7 Å². The number of allylic oxidation sites excluding steroid dienone is 1. The second-order valence-electron chi connectivity index (χ2n) is 0.536. The third-order valence-corrected chi connectivity index (χ3v) is 0. The maximum atomic E-state index is 8.56. The molecule has 0 spiro atoms. The van der Waals surface area contributed by atoms with E-state index in [4.69, 9.17) is 4.91 Å². The molecule has 39 valence electrons. The van der Waals surface area contributed by atoms with Crippen LogP contribution in [0.2, 0.25) is 0 Å². The van der Waals surface area contributed by atoms with E-state index in [0.717, 1.165) is 0 Å². The summed E-state index contributed by atoms with van der Waals surface area (Å²) in [7, 11) is 1.19. The van der Waals surface area contributed by atoms with Crippen LogP contribution < -0.4 is 0 Å². The van der Waals surface area contributed by atoms with Gasteiger partial charge in [0.2, 0.25) is 0 Å². The molecule has 7 heavy (non-hydrogen) atoms. The Morgan fingerprint density at radius 1 is 1.71 bits per heavy atom. The maximum absolute atomic E-state index is 8.56. The number of nitroso groups, excluding NO2 is 1. The van der Waals surface area contributed by atoms with Crippen LogP contribution in [0.15, 0.2) is 11.8 Å². The SMILES string of the molecule is C=[C-]C.CN=O.[Y]. The van der Waals surface area contributed by atoms with Gasteiger partial charge in [-0.3, -0.25) is 6.58 Å². The first kappa shape index (κ1) is 15.7. The predicted octanol–water partition coefficient (Wildman–Crippen LogP) is 1.38. The summed E-state index contributed by atoms with van der Waals surface area (Å²) in [6, 6.07) is 0. The van der Waals surface area contributed by atoms with Gasteiger partial charge in [-0.2, -0.15) is 11.8 Å². The average molecular weight is 175 g/mol. The van der Waals surface area contributed by atoms with Gasteiger partial charge in [0, 0.05) is 32.7 Å². The first-order valence-corrected chi connectivity index (χ1v) is 1.48. The zero-order valence-corrected chi connectivity index (χ0v) is 7.48. The molecule has 3 heteroatoms. The molecule has 0 atom stereocenters. The van der Waals surface area contributed by atoms with Gasteiger partial charge in [0.1, 0.15) is 0 Å². The molecular formula is C4H8NOY-. The van der Waals surface area contributed by atoms with E-state index in [2.05, 4.69) is 17.8 Å². The predicted molar refractivity (Wildman–Crippen MR) is 26.3 cm³/mol. The monoisotopic (exact) mass is 175 g/mol. The molecule has 0 bridgehead atoms. The Bertz CT molecular complexity index is 32.7. The molecule has 0 rings (SSSR count). The second-order valence-corrected chi connectivity index (χ2v) is 0.536. The number of hydrogen-bond donors (Lipinski definition) is 0. The topological polar surface area (TPSA) is 29.4 Å². The van der Waals surface area contributed by atoms with Gasteiger partial charge in [0.25, 0.3) is 0 Å². The standard InChI is InChI=1S/C3H5.CH3NO.Y/c1-3-2;1-2-3;/h1H2,2H3;1H3;/q-1;;. The van der Waals surface area contributed by atoms with Gasteiger partial charge >= 0.3 is 0 Å².